The molecule has 2 aromatic rings. The first-order valence-electron chi connectivity index (χ1n) is 4.54. The summed E-state index contributed by atoms with van der Waals surface area (Å²) in [6, 6.07) is 3.67. The van der Waals surface area contributed by atoms with Crippen molar-refractivity contribution in [3.8, 4) is 0 Å². The monoisotopic (exact) mass is 191 g/mol. The summed E-state index contributed by atoms with van der Waals surface area (Å²) in [6.45, 7) is 3.88. The first-order chi connectivity index (χ1) is 6.54. The average molecular weight is 191 g/mol. The number of hydrogen-bond donors (Lipinski definition) is 1. The van der Waals surface area contributed by atoms with Gasteiger partial charge in [-0.25, -0.2) is 4.98 Å². The Morgan fingerprint density at radius 3 is 2.93 bits per heavy atom. The summed E-state index contributed by atoms with van der Waals surface area (Å²) in [7, 11) is 0. The normalized spacial score (nSPS) is 12.2. The van der Waals surface area contributed by atoms with E-state index in [-0.39, 0.29) is 5.54 Å². The lowest BCUT2D eigenvalue weighted by Crippen LogP contribution is -2.34. The van der Waals surface area contributed by atoms with Crippen molar-refractivity contribution in [1.29, 1.82) is 0 Å². The molecule has 0 spiro atoms. The molecule has 4 heteroatoms. The Morgan fingerprint density at radius 1 is 1.50 bits per heavy atom. The molecule has 0 bridgehead atoms. The number of rotatable bonds is 2. The minimum Gasteiger partial charge on any atom is -0.439 e. The number of fused-ring (bicyclic) bond motifs is 1. The zero-order valence-electron chi connectivity index (χ0n) is 8.32. The van der Waals surface area contributed by atoms with Crippen LogP contribution in [-0.4, -0.2) is 15.5 Å². The van der Waals surface area contributed by atoms with E-state index >= 15 is 0 Å². The van der Waals surface area contributed by atoms with Gasteiger partial charge in [-0.3, -0.25) is 0 Å². The topological polar surface area (TPSA) is 64.9 Å². The summed E-state index contributed by atoms with van der Waals surface area (Å²) in [5, 5.41) is 0. The third-order valence-electron chi connectivity index (χ3n) is 1.82. The highest BCUT2D eigenvalue weighted by atomic mass is 16.3. The Morgan fingerprint density at radius 2 is 2.29 bits per heavy atom. The molecular formula is C10H13N3O. The molecule has 2 heterocycles. The zero-order valence-corrected chi connectivity index (χ0v) is 8.32. The van der Waals surface area contributed by atoms with E-state index in [1.165, 1.54) is 0 Å². The zero-order chi connectivity index (χ0) is 10.2. The minimum atomic E-state index is -0.305. The van der Waals surface area contributed by atoms with Crippen LogP contribution in [0.4, 0.5) is 0 Å². The van der Waals surface area contributed by atoms with Gasteiger partial charge in [0.1, 0.15) is 0 Å². The molecular weight excluding hydrogens is 178 g/mol. The minimum absolute atomic E-state index is 0.305. The van der Waals surface area contributed by atoms with Crippen molar-refractivity contribution in [3.05, 3.63) is 24.2 Å². The number of oxazole rings is 1. The lowest BCUT2D eigenvalue weighted by Gasteiger charge is -2.14. The van der Waals surface area contributed by atoms with Crippen molar-refractivity contribution in [2.75, 3.05) is 0 Å². The maximum absolute atomic E-state index is 5.87. The summed E-state index contributed by atoms with van der Waals surface area (Å²) < 4.78 is 5.49. The molecule has 0 saturated heterocycles. The fraction of sp³-hybridized carbons (Fsp3) is 0.400. The van der Waals surface area contributed by atoms with Crippen LogP contribution in [0.5, 0.6) is 0 Å². The summed E-state index contributed by atoms with van der Waals surface area (Å²) >= 11 is 0. The number of hydrogen-bond acceptors (Lipinski definition) is 4. The molecule has 0 aliphatic heterocycles. The Kier molecular flexibility index (Phi) is 2.00. The molecule has 0 aromatic carbocycles. The molecule has 0 unspecified atom stereocenters. The van der Waals surface area contributed by atoms with Crippen LogP contribution in [0.25, 0.3) is 11.2 Å². The first-order valence-corrected chi connectivity index (χ1v) is 4.54. The van der Waals surface area contributed by atoms with E-state index < -0.39 is 0 Å². The molecule has 0 atom stereocenters. The molecule has 0 amide bonds. The second-order valence-corrected chi connectivity index (χ2v) is 4.10. The van der Waals surface area contributed by atoms with Gasteiger partial charge in [-0.15, -0.1) is 0 Å². The van der Waals surface area contributed by atoms with Gasteiger partial charge < -0.3 is 10.2 Å². The molecule has 74 valence electrons. The quantitative estimate of drug-likeness (QED) is 0.781. The second kappa shape index (κ2) is 3.06. The van der Waals surface area contributed by atoms with Crippen LogP contribution in [-0.2, 0) is 6.42 Å². The van der Waals surface area contributed by atoms with Crippen LogP contribution in [0, 0.1) is 0 Å². The van der Waals surface area contributed by atoms with Crippen molar-refractivity contribution in [2.24, 2.45) is 5.73 Å². The van der Waals surface area contributed by atoms with Gasteiger partial charge in [-0.1, -0.05) is 0 Å². The lowest BCUT2D eigenvalue weighted by atomic mass is 10.0. The largest absolute Gasteiger partial charge is 0.439 e. The van der Waals surface area contributed by atoms with Crippen LogP contribution < -0.4 is 5.73 Å². The van der Waals surface area contributed by atoms with Crippen LogP contribution in [0.15, 0.2) is 22.7 Å². The maximum Gasteiger partial charge on any atom is 0.198 e. The van der Waals surface area contributed by atoms with Gasteiger partial charge in [-0.05, 0) is 26.0 Å². The molecule has 0 radical (unpaired) electrons. The first kappa shape index (κ1) is 9.15. The van der Waals surface area contributed by atoms with E-state index in [9.17, 15) is 0 Å². The van der Waals surface area contributed by atoms with E-state index in [1.807, 2.05) is 26.0 Å². The van der Waals surface area contributed by atoms with E-state index in [0.717, 1.165) is 0 Å². The van der Waals surface area contributed by atoms with Gasteiger partial charge in [0.25, 0.3) is 0 Å². The number of nitrogens with zero attached hydrogens (tertiary/aromatic N) is 2. The van der Waals surface area contributed by atoms with E-state index in [4.69, 9.17) is 10.2 Å². The predicted octanol–water partition coefficient (Wildman–Crippen LogP) is 1.50. The van der Waals surface area contributed by atoms with Gasteiger partial charge in [0.2, 0.25) is 0 Å². The fourth-order valence-corrected chi connectivity index (χ4v) is 1.28. The van der Waals surface area contributed by atoms with Gasteiger partial charge in [-0.2, -0.15) is 4.98 Å². The van der Waals surface area contributed by atoms with Gasteiger partial charge in [0, 0.05) is 18.2 Å². The molecule has 0 saturated carbocycles. The number of nitrogens with two attached hydrogens (primary N) is 1. The fourth-order valence-electron chi connectivity index (χ4n) is 1.28. The highest BCUT2D eigenvalue weighted by Crippen LogP contribution is 2.15. The number of aromatic nitrogens is 2. The van der Waals surface area contributed by atoms with E-state index in [2.05, 4.69) is 9.97 Å². The molecule has 2 N–H and O–H groups in total. The highest BCUT2D eigenvalue weighted by molar-refractivity contribution is 5.66. The maximum atomic E-state index is 5.87. The molecule has 4 nitrogen and oxygen atoms in total. The lowest BCUT2D eigenvalue weighted by molar-refractivity contribution is 0.433. The van der Waals surface area contributed by atoms with Crippen LogP contribution in [0.1, 0.15) is 19.7 Å². The Bertz CT molecular complexity index is 409. The molecule has 0 aliphatic rings. The average Bonchev–Trinajstić information content (AvgIpc) is 2.42. The van der Waals surface area contributed by atoms with Gasteiger partial charge >= 0.3 is 0 Å². The Labute approximate surface area is 82.1 Å². The number of pyridine rings is 1. The molecule has 0 aliphatic carbocycles. The predicted molar refractivity (Wildman–Crippen MR) is 53.8 cm³/mol. The smallest absolute Gasteiger partial charge is 0.198 e. The summed E-state index contributed by atoms with van der Waals surface area (Å²) in [5.41, 5.74) is 6.92. The molecule has 2 rings (SSSR count). The molecule has 0 fully saturated rings. The van der Waals surface area contributed by atoms with Crippen LogP contribution in [0.2, 0.25) is 0 Å². The Hall–Kier alpha value is -1.42. The van der Waals surface area contributed by atoms with Crippen molar-refractivity contribution < 1.29 is 4.42 Å². The Balaban J connectivity index is 2.36. The third-order valence-corrected chi connectivity index (χ3v) is 1.82. The van der Waals surface area contributed by atoms with Crippen LogP contribution >= 0.6 is 0 Å². The van der Waals surface area contributed by atoms with Gasteiger partial charge in [0.05, 0.1) is 0 Å². The van der Waals surface area contributed by atoms with E-state index in [1.54, 1.807) is 6.20 Å². The highest BCUT2D eigenvalue weighted by Gasteiger charge is 2.16. The van der Waals surface area contributed by atoms with Crippen molar-refractivity contribution >= 4 is 11.2 Å². The molecule has 2 aromatic heterocycles. The van der Waals surface area contributed by atoms with Crippen LogP contribution in [0.3, 0.4) is 0 Å². The summed E-state index contributed by atoms with van der Waals surface area (Å²) in [6.07, 6.45) is 2.31. The molecule has 14 heavy (non-hydrogen) atoms. The van der Waals surface area contributed by atoms with Crippen molar-refractivity contribution in [3.63, 3.8) is 0 Å². The van der Waals surface area contributed by atoms with E-state index in [0.29, 0.717) is 23.5 Å². The van der Waals surface area contributed by atoms with Gasteiger partial charge in [0.15, 0.2) is 17.1 Å². The standard InChI is InChI=1S/C10H13N3O/c1-10(2,11)6-8-13-9-7(14-8)4-3-5-12-9/h3-5H,6,11H2,1-2H3. The third kappa shape index (κ3) is 1.90. The second-order valence-electron chi connectivity index (χ2n) is 4.10. The summed E-state index contributed by atoms with van der Waals surface area (Å²) in [4.78, 5) is 8.33. The SMILES string of the molecule is CC(C)(N)Cc1nc2ncccc2o1. The van der Waals surface area contributed by atoms with Crippen molar-refractivity contribution in [2.45, 2.75) is 25.8 Å². The van der Waals surface area contributed by atoms with Crippen molar-refractivity contribution in [1.82, 2.24) is 9.97 Å². The summed E-state index contributed by atoms with van der Waals surface area (Å²) in [5.74, 6) is 0.645.